The molecule has 0 aliphatic carbocycles. The molecule has 0 spiro atoms. The van der Waals surface area contributed by atoms with Crippen molar-refractivity contribution in [3.05, 3.63) is 54.5 Å². The van der Waals surface area contributed by atoms with Gasteiger partial charge in [0.05, 0.1) is 10.9 Å². The molecular formula is C14H14FN3O3S. The minimum Gasteiger partial charge on any atom is -0.309 e. The Bertz CT molecular complexity index is 749. The summed E-state index contributed by atoms with van der Waals surface area (Å²) in [6.45, 7) is 1.40. The van der Waals surface area contributed by atoms with Gasteiger partial charge in [0.2, 0.25) is 15.9 Å². The number of carbonyl (C=O) groups is 1. The monoisotopic (exact) mass is 323 g/mol. The fourth-order valence-electron chi connectivity index (χ4n) is 1.64. The molecule has 2 aromatic rings. The summed E-state index contributed by atoms with van der Waals surface area (Å²) < 4.78 is 39.2. The highest BCUT2D eigenvalue weighted by Crippen LogP contribution is 2.10. The van der Waals surface area contributed by atoms with E-state index >= 15 is 0 Å². The number of nitrogens with zero attached hydrogens (tertiary/aromatic N) is 1. The smallest absolute Gasteiger partial charge is 0.243 e. The molecule has 1 aromatic heterocycles. The van der Waals surface area contributed by atoms with Gasteiger partial charge in [-0.15, -0.1) is 0 Å². The number of nitrogens with one attached hydrogen (secondary N) is 2. The maximum Gasteiger partial charge on any atom is 0.243 e. The van der Waals surface area contributed by atoms with E-state index in [1.165, 1.54) is 13.1 Å². The number of carbonyl (C=O) groups excluding carboxylic acids is 1. The third-order valence-electron chi connectivity index (χ3n) is 2.77. The van der Waals surface area contributed by atoms with Crippen LogP contribution < -0.4 is 10.0 Å². The molecule has 1 aromatic carbocycles. The lowest BCUT2D eigenvalue weighted by atomic mass is 10.3. The second-order valence-corrected chi connectivity index (χ2v) is 6.22. The van der Waals surface area contributed by atoms with Gasteiger partial charge in [0.15, 0.2) is 0 Å². The maximum absolute atomic E-state index is 12.8. The molecule has 116 valence electrons. The highest BCUT2D eigenvalue weighted by Gasteiger charge is 2.22. The molecule has 0 saturated heterocycles. The van der Waals surface area contributed by atoms with Crippen LogP contribution in [-0.2, 0) is 14.8 Å². The van der Waals surface area contributed by atoms with E-state index in [4.69, 9.17) is 0 Å². The van der Waals surface area contributed by atoms with E-state index < -0.39 is 27.8 Å². The zero-order valence-corrected chi connectivity index (χ0v) is 12.5. The predicted octanol–water partition coefficient (Wildman–Crippen LogP) is 1.53. The molecule has 6 nitrogen and oxygen atoms in total. The van der Waals surface area contributed by atoms with Crippen LogP contribution in [0.15, 0.2) is 53.6 Å². The van der Waals surface area contributed by atoms with Crippen molar-refractivity contribution in [1.29, 1.82) is 0 Å². The summed E-state index contributed by atoms with van der Waals surface area (Å²) in [5.74, 6) is -0.774. The molecule has 0 radical (unpaired) electrons. The molecule has 2 rings (SSSR count). The van der Waals surface area contributed by atoms with Gasteiger partial charge >= 0.3 is 0 Å². The van der Waals surface area contributed by atoms with Crippen molar-refractivity contribution in [3.8, 4) is 0 Å². The van der Waals surface area contributed by atoms with Gasteiger partial charge in [-0.3, -0.25) is 4.79 Å². The van der Waals surface area contributed by atoms with Gasteiger partial charge in [-0.25, -0.2) is 17.8 Å². The Hall–Kier alpha value is -2.32. The average molecular weight is 323 g/mol. The summed E-state index contributed by atoms with van der Waals surface area (Å²) in [6, 6.07) is 8.27. The Balaban J connectivity index is 2.05. The normalized spacial score (nSPS) is 12.6. The topological polar surface area (TPSA) is 88.2 Å². The zero-order valence-electron chi connectivity index (χ0n) is 11.7. The Morgan fingerprint density at radius 3 is 2.45 bits per heavy atom. The van der Waals surface area contributed by atoms with Crippen LogP contribution in [0.1, 0.15) is 6.92 Å². The third-order valence-corrected chi connectivity index (χ3v) is 4.32. The molecule has 1 atom stereocenters. The minimum atomic E-state index is -3.91. The van der Waals surface area contributed by atoms with Crippen LogP contribution in [0.5, 0.6) is 0 Å². The average Bonchev–Trinajstić information content (AvgIpc) is 2.48. The lowest BCUT2D eigenvalue weighted by Gasteiger charge is -2.14. The maximum atomic E-state index is 12.8. The molecule has 1 amide bonds. The number of anilines is 1. The number of halogens is 1. The largest absolute Gasteiger partial charge is 0.309 e. The molecule has 0 aliphatic rings. The van der Waals surface area contributed by atoms with Gasteiger partial charge < -0.3 is 5.32 Å². The highest BCUT2D eigenvalue weighted by molar-refractivity contribution is 7.89. The third kappa shape index (κ3) is 4.09. The number of sulfonamides is 1. The molecule has 0 aliphatic heterocycles. The van der Waals surface area contributed by atoms with Gasteiger partial charge in [0.25, 0.3) is 0 Å². The van der Waals surface area contributed by atoms with Gasteiger partial charge in [0, 0.05) is 6.20 Å². The van der Waals surface area contributed by atoms with Crippen LogP contribution in [0.3, 0.4) is 0 Å². The first-order valence-corrected chi connectivity index (χ1v) is 7.86. The molecule has 0 fully saturated rings. The Morgan fingerprint density at radius 1 is 1.18 bits per heavy atom. The van der Waals surface area contributed by atoms with E-state index in [0.29, 0.717) is 5.82 Å². The van der Waals surface area contributed by atoms with Crippen molar-refractivity contribution in [2.24, 2.45) is 0 Å². The lowest BCUT2D eigenvalue weighted by Crippen LogP contribution is -2.41. The minimum absolute atomic E-state index is 0.119. The quantitative estimate of drug-likeness (QED) is 0.873. The van der Waals surface area contributed by atoms with Crippen molar-refractivity contribution in [2.75, 3.05) is 5.32 Å². The number of rotatable bonds is 5. The van der Waals surface area contributed by atoms with Crippen molar-refractivity contribution in [1.82, 2.24) is 9.71 Å². The number of amides is 1. The standard InChI is InChI=1S/C14H14FN3O3S/c1-10(14(19)17-13-4-2-3-9-16-13)18-22(20,21)12-7-5-11(15)6-8-12/h2-10,18H,1H3,(H,16,17,19)/t10-/m1/s1. The van der Waals surface area contributed by atoms with Crippen molar-refractivity contribution in [3.63, 3.8) is 0 Å². The summed E-state index contributed by atoms with van der Waals surface area (Å²) in [4.78, 5) is 15.7. The number of hydrogen-bond acceptors (Lipinski definition) is 4. The summed E-state index contributed by atoms with van der Waals surface area (Å²) in [6.07, 6.45) is 1.50. The second kappa shape index (κ2) is 6.63. The van der Waals surface area contributed by atoms with Crippen LogP contribution in [0.2, 0.25) is 0 Å². The van der Waals surface area contributed by atoms with Crippen LogP contribution in [0.25, 0.3) is 0 Å². The second-order valence-electron chi connectivity index (χ2n) is 4.50. The number of benzene rings is 1. The first-order chi connectivity index (χ1) is 10.4. The molecule has 22 heavy (non-hydrogen) atoms. The SMILES string of the molecule is C[C@@H](NS(=O)(=O)c1ccc(F)cc1)C(=O)Nc1ccccn1. The predicted molar refractivity (Wildman–Crippen MR) is 79.1 cm³/mol. The van der Waals surface area contributed by atoms with Crippen LogP contribution in [0.4, 0.5) is 10.2 Å². The van der Waals surface area contributed by atoms with Crippen LogP contribution in [-0.4, -0.2) is 25.4 Å². The van der Waals surface area contributed by atoms with E-state index in [9.17, 15) is 17.6 Å². The molecule has 8 heteroatoms. The fraction of sp³-hybridized carbons (Fsp3) is 0.143. The van der Waals surface area contributed by atoms with E-state index in [1.807, 2.05) is 0 Å². The van der Waals surface area contributed by atoms with Crippen LogP contribution in [0, 0.1) is 5.82 Å². The first kappa shape index (κ1) is 16.1. The summed E-state index contributed by atoms with van der Waals surface area (Å²) in [5, 5.41) is 2.49. The fourth-order valence-corrected chi connectivity index (χ4v) is 2.84. The first-order valence-electron chi connectivity index (χ1n) is 6.38. The Labute approximate surface area is 127 Å². The van der Waals surface area contributed by atoms with Gasteiger partial charge in [-0.2, -0.15) is 4.72 Å². The summed E-state index contributed by atoms with van der Waals surface area (Å²) >= 11 is 0. The molecular weight excluding hydrogens is 309 g/mol. The number of hydrogen-bond donors (Lipinski definition) is 2. The summed E-state index contributed by atoms with van der Waals surface area (Å²) in [7, 11) is -3.91. The zero-order chi connectivity index (χ0) is 16.2. The van der Waals surface area contributed by atoms with Gasteiger partial charge in [-0.05, 0) is 43.3 Å². The van der Waals surface area contributed by atoms with E-state index in [0.717, 1.165) is 24.3 Å². The van der Waals surface area contributed by atoms with E-state index in [1.54, 1.807) is 18.2 Å². The molecule has 1 heterocycles. The van der Waals surface area contributed by atoms with Gasteiger partial charge in [-0.1, -0.05) is 6.07 Å². The van der Waals surface area contributed by atoms with E-state index in [2.05, 4.69) is 15.0 Å². The molecule has 0 bridgehead atoms. The summed E-state index contributed by atoms with van der Waals surface area (Å²) in [5.41, 5.74) is 0. The lowest BCUT2D eigenvalue weighted by molar-refractivity contribution is -0.117. The Morgan fingerprint density at radius 2 is 1.86 bits per heavy atom. The van der Waals surface area contributed by atoms with Crippen LogP contribution >= 0.6 is 0 Å². The number of aromatic nitrogens is 1. The molecule has 2 N–H and O–H groups in total. The van der Waals surface area contributed by atoms with Crippen molar-refractivity contribution in [2.45, 2.75) is 17.9 Å². The Kier molecular flexibility index (Phi) is 4.84. The molecule has 0 unspecified atom stereocenters. The van der Waals surface area contributed by atoms with Crippen molar-refractivity contribution >= 4 is 21.7 Å². The molecule has 0 saturated carbocycles. The highest BCUT2D eigenvalue weighted by atomic mass is 32.2. The van der Waals surface area contributed by atoms with Crippen molar-refractivity contribution < 1.29 is 17.6 Å². The van der Waals surface area contributed by atoms with E-state index in [-0.39, 0.29) is 4.90 Å². The van der Waals surface area contributed by atoms with Gasteiger partial charge in [0.1, 0.15) is 11.6 Å². The number of pyridine rings is 1.